The molecule has 0 N–H and O–H groups in total. The molecule has 0 spiro atoms. The third-order valence-electron chi connectivity index (χ3n) is 8.70. The molecule has 0 nitrogen and oxygen atoms in total. The molecule has 0 heteroatoms. The molecule has 0 fully saturated rings. The van der Waals surface area contributed by atoms with Crippen LogP contribution in [0.4, 0.5) is 0 Å². The van der Waals surface area contributed by atoms with Gasteiger partial charge in [0.05, 0.1) is 0 Å². The van der Waals surface area contributed by atoms with Gasteiger partial charge in [-0.1, -0.05) is 159 Å². The van der Waals surface area contributed by atoms with Crippen LogP contribution in [0.1, 0.15) is 137 Å². The molecule has 0 unspecified atom stereocenters. The monoisotopic (exact) mass is 494 g/mol. The van der Waals surface area contributed by atoms with E-state index in [-0.39, 0.29) is 32.5 Å². The van der Waals surface area contributed by atoms with Gasteiger partial charge in [-0.25, -0.2) is 0 Å². The summed E-state index contributed by atoms with van der Waals surface area (Å²) < 4.78 is 0. The van der Waals surface area contributed by atoms with E-state index in [0.29, 0.717) is 11.8 Å². The maximum Gasteiger partial charge on any atom is -0.00395 e. The molecule has 0 heterocycles. The van der Waals surface area contributed by atoms with E-state index in [1.165, 1.54) is 0 Å². The molecule has 0 aromatic heterocycles. The van der Waals surface area contributed by atoms with Crippen LogP contribution in [0.3, 0.4) is 0 Å². The summed E-state index contributed by atoms with van der Waals surface area (Å²) in [5.41, 5.74) is 10.8. The zero-order valence-electron chi connectivity index (χ0n) is 27.7. The largest absolute Gasteiger partial charge is 0.0605 e. The SMILES string of the molecule is CC(C)(C)C1=CC([C@@H]([C@H](C2=C(C(C)(C)C)CC(C(C)(C)C)=C2)C(C)(C)C)C(C)(C)C)=C(C(C)(C)C)C1. The highest BCUT2D eigenvalue weighted by atomic mass is 14.5. The molecule has 0 aromatic rings. The van der Waals surface area contributed by atoms with E-state index in [2.05, 4.69) is 137 Å². The van der Waals surface area contributed by atoms with Crippen LogP contribution in [0.2, 0.25) is 0 Å². The van der Waals surface area contributed by atoms with E-state index < -0.39 is 0 Å². The second-order valence-corrected chi connectivity index (χ2v) is 18.2. The van der Waals surface area contributed by atoms with E-state index in [4.69, 9.17) is 0 Å². The van der Waals surface area contributed by atoms with Crippen molar-refractivity contribution in [1.82, 2.24) is 0 Å². The van der Waals surface area contributed by atoms with Gasteiger partial charge in [-0.2, -0.15) is 0 Å². The van der Waals surface area contributed by atoms with Crippen molar-refractivity contribution >= 4 is 0 Å². The molecule has 0 aromatic carbocycles. The van der Waals surface area contributed by atoms with Gasteiger partial charge in [-0.3, -0.25) is 0 Å². The van der Waals surface area contributed by atoms with E-state index in [0.717, 1.165) is 12.8 Å². The fraction of sp³-hybridized carbons (Fsp3) is 0.778. The van der Waals surface area contributed by atoms with E-state index in [1.54, 1.807) is 33.4 Å². The van der Waals surface area contributed by atoms with Crippen LogP contribution < -0.4 is 0 Å². The van der Waals surface area contributed by atoms with Crippen molar-refractivity contribution < 1.29 is 0 Å². The molecule has 0 saturated heterocycles. The van der Waals surface area contributed by atoms with Crippen molar-refractivity contribution in [2.45, 2.75) is 137 Å². The smallest absolute Gasteiger partial charge is 0.00395 e. The lowest BCUT2D eigenvalue weighted by atomic mass is 9.57. The molecule has 0 saturated carbocycles. The fourth-order valence-electron chi connectivity index (χ4n) is 6.44. The summed E-state index contributed by atoms with van der Waals surface area (Å²) in [6.45, 7) is 43.9. The first-order chi connectivity index (χ1) is 15.7. The minimum atomic E-state index is 0.141. The standard InChI is InChI=1S/C36H62/c1-31(2,3)23-19-25(27(21-23)33(7,8)9)29(35(13,14)15)30(36(16,17)18)26-20-24(32(4,5)6)22-28(26)34(10,11)12/h19-20,29-30H,21-22H2,1-18H3/t29-,30-/m0/s1. The van der Waals surface area contributed by atoms with E-state index >= 15 is 0 Å². The number of rotatable bonds is 3. The number of hydrogen-bond donors (Lipinski definition) is 0. The van der Waals surface area contributed by atoms with Crippen molar-refractivity contribution in [1.29, 1.82) is 0 Å². The van der Waals surface area contributed by atoms with Gasteiger partial charge in [-0.15, -0.1) is 0 Å². The molecule has 0 radical (unpaired) electrons. The highest BCUT2D eigenvalue weighted by Gasteiger charge is 2.47. The summed E-state index contributed by atoms with van der Waals surface area (Å²) in [5, 5.41) is 0. The Morgan fingerprint density at radius 3 is 0.833 bits per heavy atom. The second-order valence-electron chi connectivity index (χ2n) is 18.2. The van der Waals surface area contributed by atoms with Crippen molar-refractivity contribution in [3.8, 4) is 0 Å². The summed E-state index contributed by atoms with van der Waals surface area (Å²) in [5.74, 6) is 0.906. The molecule has 2 aliphatic carbocycles. The van der Waals surface area contributed by atoms with Gasteiger partial charge in [0.1, 0.15) is 0 Å². The minimum absolute atomic E-state index is 0.141. The Morgan fingerprint density at radius 2 is 0.667 bits per heavy atom. The topological polar surface area (TPSA) is 0 Å². The molecule has 2 aliphatic rings. The fourth-order valence-corrected chi connectivity index (χ4v) is 6.44. The van der Waals surface area contributed by atoms with Gasteiger partial charge >= 0.3 is 0 Å². The normalized spacial score (nSPS) is 20.7. The average molecular weight is 495 g/mol. The molecule has 206 valence electrons. The van der Waals surface area contributed by atoms with Gasteiger partial charge in [0, 0.05) is 0 Å². The maximum atomic E-state index is 2.65. The Hall–Kier alpha value is -1.04. The Kier molecular flexibility index (Phi) is 8.06. The van der Waals surface area contributed by atoms with Crippen LogP contribution >= 0.6 is 0 Å². The van der Waals surface area contributed by atoms with Crippen molar-refractivity contribution in [2.75, 3.05) is 0 Å². The highest BCUT2D eigenvalue weighted by Crippen LogP contribution is 2.58. The number of allylic oxidation sites excluding steroid dienone is 8. The predicted molar refractivity (Wildman–Crippen MR) is 163 cm³/mol. The zero-order valence-corrected chi connectivity index (χ0v) is 27.7. The molecule has 0 amide bonds. The third kappa shape index (κ3) is 6.69. The van der Waals surface area contributed by atoms with Gasteiger partial charge in [0.15, 0.2) is 0 Å². The lowest BCUT2D eigenvalue weighted by Gasteiger charge is -2.47. The quantitative estimate of drug-likeness (QED) is 0.366. The Bertz CT molecular complexity index is 876. The van der Waals surface area contributed by atoms with Crippen LogP contribution in [0, 0.1) is 44.3 Å². The Labute approximate surface area is 227 Å². The summed E-state index contributed by atoms with van der Waals surface area (Å²) >= 11 is 0. The molecule has 0 aliphatic heterocycles. The highest BCUT2D eigenvalue weighted by molar-refractivity contribution is 5.51. The molecule has 0 bridgehead atoms. The Morgan fingerprint density at radius 1 is 0.417 bits per heavy atom. The van der Waals surface area contributed by atoms with Crippen LogP contribution in [0.5, 0.6) is 0 Å². The first-order valence-electron chi connectivity index (χ1n) is 14.6. The van der Waals surface area contributed by atoms with Crippen molar-refractivity contribution in [3.63, 3.8) is 0 Å². The van der Waals surface area contributed by atoms with Crippen molar-refractivity contribution in [2.24, 2.45) is 44.3 Å². The summed E-state index contributed by atoms with van der Waals surface area (Å²) in [6, 6.07) is 0. The summed E-state index contributed by atoms with van der Waals surface area (Å²) in [4.78, 5) is 0. The molecular formula is C36H62. The van der Waals surface area contributed by atoms with Gasteiger partial charge < -0.3 is 0 Å². The van der Waals surface area contributed by atoms with Crippen molar-refractivity contribution in [3.05, 3.63) is 45.6 Å². The zero-order chi connectivity index (χ0) is 28.4. The van der Waals surface area contributed by atoms with E-state index in [9.17, 15) is 0 Å². The van der Waals surface area contributed by atoms with Gasteiger partial charge in [-0.05, 0) is 68.3 Å². The Balaban J connectivity index is 2.98. The van der Waals surface area contributed by atoms with Gasteiger partial charge in [0.2, 0.25) is 0 Å². The lowest BCUT2D eigenvalue weighted by molar-refractivity contribution is 0.127. The maximum absolute atomic E-state index is 2.65. The average Bonchev–Trinajstić information content (AvgIpc) is 3.20. The first kappa shape index (κ1) is 31.2. The molecule has 2 atom stereocenters. The lowest BCUT2D eigenvalue weighted by Crippen LogP contribution is -2.39. The molecule has 2 rings (SSSR count). The molecular weight excluding hydrogens is 432 g/mol. The van der Waals surface area contributed by atoms with Crippen LogP contribution in [-0.2, 0) is 0 Å². The minimum Gasteiger partial charge on any atom is -0.0605 e. The molecule has 36 heavy (non-hydrogen) atoms. The predicted octanol–water partition coefficient (Wildman–Crippen LogP) is 11.7. The van der Waals surface area contributed by atoms with Crippen LogP contribution in [-0.4, -0.2) is 0 Å². The number of hydrogen-bond acceptors (Lipinski definition) is 0. The first-order valence-corrected chi connectivity index (χ1v) is 14.6. The van der Waals surface area contributed by atoms with E-state index in [1.807, 2.05) is 0 Å². The second kappa shape index (κ2) is 9.31. The summed E-state index contributed by atoms with van der Waals surface area (Å²) in [7, 11) is 0. The third-order valence-corrected chi connectivity index (χ3v) is 8.70. The summed E-state index contributed by atoms with van der Waals surface area (Å²) in [6.07, 6.45) is 7.55. The van der Waals surface area contributed by atoms with Gasteiger partial charge in [0.25, 0.3) is 0 Å². The van der Waals surface area contributed by atoms with Crippen LogP contribution in [0.15, 0.2) is 45.6 Å². The van der Waals surface area contributed by atoms with Crippen LogP contribution in [0.25, 0.3) is 0 Å².